The van der Waals surface area contributed by atoms with Crippen molar-refractivity contribution < 1.29 is 14.3 Å². The Hall–Kier alpha value is -0.660. The molecule has 0 bridgehead atoms. The van der Waals surface area contributed by atoms with Crippen LogP contribution in [0.2, 0.25) is 0 Å². The van der Waals surface area contributed by atoms with E-state index in [4.69, 9.17) is 5.73 Å². The van der Waals surface area contributed by atoms with E-state index in [9.17, 15) is 9.59 Å². The molecule has 7 heteroatoms. The molecule has 16 heavy (non-hydrogen) atoms. The number of ether oxygens (including phenoxy) is 1. The van der Waals surface area contributed by atoms with Crippen LogP contribution in [0.4, 0.5) is 0 Å². The summed E-state index contributed by atoms with van der Waals surface area (Å²) in [5, 5.41) is 2.64. The van der Waals surface area contributed by atoms with Gasteiger partial charge < -0.3 is 15.8 Å². The molecule has 0 heterocycles. The van der Waals surface area contributed by atoms with Gasteiger partial charge in [-0.05, 0) is 0 Å². The van der Waals surface area contributed by atoms with E-state index in [1.807, 2.05) is 0 Å². The monoisotopic (exact) mass is 264 g/mol. The number of rotatable bonds is 8. The average Bonchev–Trinajstić information content (AvgIpc) is 2.30. The van der Waals surface area contributed by atoms with Crippen molar-refractivity contribution in [3.63, 3.8) is 0 Å². The number of esters is 1. The summed E-state index contributed by atoms with van der Waals surface area (Å²) in [7, 11) is 4.59. The minimum atomic E-state index is -0.539. The smallest absolute Gasteiger partial charge is 0.330 e. The molecule has 0 rings (SSSR count). The molecule has 1 amide bonds. The topological polar surface area (TPSA) is 81.4 Å². The lowest BCUT2D eigenvalue weighted by atomic mass is 10.4. The van der Waals surface area contributed by atoms with Crippen LogP contribution in [0.3, 0.4) is 0 Å². The van der Waals surface area contributed by atoms with Crippen LogP contribution in [0.1, 0.15) is 0 Å². The van der Waals surface area contributed by atoms with E-state index in [1.54, 1.807) is 21.6 Å². The summed E-state index contributed by atoms with van der Waals surface area (Å²) in [6, 6.07) is 0. The van der Waals surface area contributed by atoms with Gasteiger partial charge in [0.05, 0.1) is 7.11 Å². The zero-order valence-electron chi connectivity index (χ0n) is 9.10. The van der Waals surface area contributed by atoms with Gasteiger partial charge >= 0.3 is 5.97 Å². The van der Waals surface area contributed by atoms with Gasteiger partial charge in [0.2, 0.25) is 5.91 Å². The minimum Gasteiger partial charge on any atom is -0.466 e. The van der Waals surface area contributed by atoms with E-state index >= 15 is 0 Å². The van der Waals surface area contributed by atoms with Crippen LogP contribution >= 0.6 is 21.6 Å². The molecule has 0 aromatic rings. The molecule has 0 aliphatic carbocycles. The molecular weight excluding hydrogens is 248 g/mol. The van der Waals surface area contributed by atoms with Gasteiger partial charge in [-0.1, -0.05) is 21.6 Å². The van der Waals surface area contributed by atoms with Crippen LogP contribution in [-0.2, 0) is 14.3 Å². The van der Waals surface area contributed by atoms with Crippen molar-refractivity contribution in [1.82, 2.24) is 5.32 Å². The van der Waals surface area contributed by atoms with Gasteiger partial charge in [0.1, 0.15) is 0 Å². The van der Waals surface area contributed by atoms with Crippen LogP contribution in [0.5, 0.6) is 0 Å². The highest BCUT2D eigenvalue weighted by molar-refractivity contribution is 8.76. The first-order chi connectivity index (χ1) is 7.70. The largest absolute Gasteiger partial charge is 0.466 e. The number of carbonyl (C=O) groups is 2. The second kappa shape index (κ2) is 10.8. The fourth-order valence-corrected chi connectivity index (χ4v) is 2.42. The first-order valence-electron chi connectivity index (χ1n) is 4.69. The zero-order valence-corrected chi connectivity index (χ0v) is 10.7. The summed E-state index contributed by atoms with van der Waals surface area (Å²) < 4.78 is 4.35. The van der Waals surface area contributed by atoms with Crippen LogP contribution in [0.25, 0.3) is 0 Å². The highest BCUT2D eigenvalue weighted by Crippen LogP contribution is 2.18. The van der Waals surface area contributed by atoms with Crippen molar-refractivity contribution in [2.45, 2.75) is 0 Å². The van der Waals surface area contributed by atoms with E-state index in [-0.39, 0.29) is 5.91 Å². The van der Waals surface area contributed by atoms with Crippen molar-refractivity contribution in [2.75, 3.05) is 31.7 Å². The highest BCUT2D eigenvalue weighted by atomic mass is 33.1. The Morgan fingerprint density at radius 3 is 2.62 bits per heavy atom. The van der Waals surface area contributed by atoms with E-state index < -0.39 is 5.97 Å². The van der Waals surface area contributed by atoms with Crippen molar-refractivity contribution in [3.8, 4) is 0 Å². The fourth-order valence-electron chi connectivity index (χ4n) is 0.653. The second-order valence-corrected chi connectivity index (χ2v) is 5.28. The molecule has 0 spiro atoms. The van der Waals surface area contributed by atoms with Gasteiger partial charge in [-0.3, -0.25) is 4.79 Å². The number of carbonyl (C=O) groups excluding carboxylic acids is 2. The molecule has 0 radical (unpaired) electrons. The number of amides is 1. The molecule has 0 aromatic heterocycles. The predicted molar refractivity (Wildman–Crippen MR) is 68.1 cm³/mol. The molecule has 0 saturated carbocycles. The van der Waals surface area contributed by atoms with E-state index in [2.05, 4.69) is 10.1 Å². The summed E-state index contributed by atoms with van der Waals surface area (Å²) in [6.07, 6.45) is 2.25. The maximum Gasteiger partial charge on any atom is 0.330 e. The first kappa shape index (κ1) is 15.3. The maximum absolute atomic E-state index is 11.1. The molecule has 3 N–H and O–H groups in total. The third kappa shape index (κ3) is 9.88. The Balaban J connectivity index is 3.44. The van der Waals surface area contributed by atoms with Crippen LogP contribution in [0, 0.1) is 0 Å². The average molecular weight is 264 g/mol. The lowest BCUT2D eigenvalue weighted by molar-refractivity contribution is -0.135. The maximum atomic E-state index is 11.1. The molecule has 92 valence electrons. The summed E-state index contributed by atoms with van der Waals surface area (Å²) in [5.41, 5.74) is 5.32. The third-order valence-electron chi connectivity index (χ3n) is 1.34. The van der Waals surface area contributed by atoms with Crippen molar-refractivity contribution in [1.29, 1.82) is 0 Å². The van der Waals surface area contributed by atoms with Crippen LogP contribution < -0.4 is 11.1 Å². The highest BCUT2D eigenvalue weighted by Gasteiger charge is 1.97. The molecule has 0 aromatic carbocycles. The second-order valence-electron chi connectivity index (χ2n) is 2.58. The lowest BCUT2D eigenvalue weighted by Crippen LogP contribution is -2.23. The number of hydrogen-bond donors (Lipinski definition) is 2. The van der Waals surface area contributed by atoms with Gasteiger partial charge in [0.25, 0.3) is 0 Å². The van der Waals surface area contributed by atoms with Crippen LogP contribution in [0.15, 0.2) is 12.2 Å². The first-order valence-corrected chi connectivity index (χ1v) is 7.18. The van der Waals surface area contributed by atoms with E-state index in [0.29, 0.717) is 13.1 Å². The quantitative estimate of drug-likeness (QED) is 0.281. The van der Waals surface area contributed by atoms with Crippen LogP contribution in [-0.4, -0.2) is 43.6 Å². The Kier molecular flexibility index (Phi) is 10.4. The van der Waals surface area contributed by atoms with Gasteiger partial charge in [0, 0.05) is 36.7 Å². The van der Waals surface area contributed by atoms with E-state index in [1.165, 1.54) is 7.11 Å². The summed E-state index contributed by atoms with van der Waals surface area (Å²) in [5.74, 6) is 0.876. The summed E-state index contributed by atoms with van der Waals surface area (Å²) in [4.78, 5) is 21.8. The number of methoxy groups -OCH3 is 1. The molecule has 5 nitrogen and oxygen atoms in total. The van der Waals surface area contributed by atoms with Gasteiger partial charge in [-0.15, -0.1) is 0 Å². The summed E-state index contributed by atoms with van der Waals surface area (Å²) >= 11 is 0. The summed E-state index contributed by atoms with van der Waals surface area (Å²) in [6.45, 7) is 1.22. The van der Waals surface area contributed by atoms with Crippen molar-refractivity contribution in [3.05, 3.63) is 12.2 Å². The van der Waals surface area contributed by atoms with Crippen molar-refractivity contribution >= 4 is 33.5 Å². The number of nitrogens with two attached hydrogens (primary N) is 1. The Bertz CT molecular complexity index is 247. The van der Waals surface area contributed by atoms with Gasteiger partial charge in [-0.2, -0.15) is 0 Å². The number of nitrogens with one attached hydrogen (secondary N) is 1. The lowest BCUT2D eigenvalue weighted by Gasteiger charge is -2.01. The van der Waals surface area contributed by atoms with E-state index in [0.717, 1.165) is 23.7 Å². The van der Waals surface area contributed by atoms with Crippen molar-refractivity contribution in [2.24, 2.45) is 5.73 Å². The predicted octanol–water partition coefficient (Wildman–Crippen LogP) is 0.172. The zero-order chi connectivity index (χ0) is 12.2. The normalized spacial score (nSPS) is 10.4. The SMILES string of the molecule is COC(=O)C=CC(=O)NCCSSCCN. The Labute approximate surface area is 103 Å². The molecule has 0 atom stereocenters. The molecular formula is C9H16N2O3S2. The standard InChI is InChI=1S/C9H16N2O3S2/c1-14-9(13)3-2-8(12)11-5-7-16-15-6-4-10/h2-3H,4-7,10H2,1H3,(H,11,12). The molecule has 0 fully saturated rings. The minimum absolute atomic E-state index is 0.296. The number of hydrogen-bond acceptors (Lipinski definition) is 6. The molecule has 0 aliphatic heterocycles. The molecule has 0 saturated heterocycles. The fraction of sp³-hybridized carbons (Fsp3) is 0.556. The van der Waals surface area contributed by atoms with Gasteiger partial charge in [-0.25, -0.2) is 4.79 Å². The Morgan fingerprint density at radius 1 is 1.31 bits per heavy atom. The third-order valence-corrected chi connectivity index (χ3v) is 3.78. The molecule has 0 aliphatic rings. The molecule has 0 unspecified atom stereocenters. The Morgan fingerprint density at radius 2 is 2.00 bits per heavy atom. The van der Waals surface area contributed by atoms with Gasteiger partial charge in [0.15, 0.2) is 0 Å².